The number of fused-ring (bicyclic) bond motifs is 1. The maximum atomic E-state index is 5.82. The number of halogens is 1. The number of pyridine rings is 1. The molecular weight excluding hydrogens is 320 g/mol. The first-order chi connectivity index (χ1) is 9.67. The van der Waals surface area contributed by atoms with Crippen LogP contribution in [0.3, 0.4) is 0 Å². The summed E-state index contributed by atoms with van der Waals surface area (Å²) < 4.78 is 6.30. The number of hydrogen-bond donors (Lipinski definition) is 2. The van der Waals surface area contributed by atoms with E-state index >= 15 is 0 Å². The molecular formula is C14H13BrN4O. The van der Waals surface area contributed by atoms with Gasteiger partial charge in [0.05, 0.1) is 12.1 Å². The molecule has 102 valence electrons. The normalized spacial score (nSPS) is 10.9. The maximum absolute atomic E-state index is 5.82. The third-order valence-corrected chi connectivity index (χ3v) is 3.55. The minimum absolute atomic E-state index is 0.574. The van der Waals surface area contributed by atoms with Crippen LogP contribution in [-0.2, 0) is 0 Å². The fourth-order valence-electron chi connectivity index (χ4n) is 1.96. The zero-order valence-corrected chi connectivity index (χ0v) is 12.4. The van der Waals surface area contributed by atoms with E-state index in [0.29, 0.717) is 23.8 Å². The topological polar surface area (TPSA) is 76.8 Å². The second kappa shape index (κ2) is 5.13. The summed E-state index contributed by atoms with van der Waals surface area (Å²) in [6.07, 6.45) is 0. The van der Waals surface area contributed by atoms with Gasteiger partial charge in [0.25, 0.3) is 0 Å². The molecule has 0 bridgehead atoms. The summed E-state index contributed by atoms with van der Waals surface area (Å²) in [6.45, 7) is 2.50. The summed E-state index contributed by atoms with van der Waals surface area (Å²) in [5, 5.41) is 0. The molecule has 3 N–H and O–H groups in total. The number of imidazole rings is 1. The van der Waals surface area contributed by atoms with Gasteiger partial charge in [-0.3, -0.25) is 0 Å². The Kier molecular flexibility index (Phi) is 3.31. The number of H-pyrrole nitrogens is 1. The highest BCUT2D eigenvalue weighted by Gasteiger charge is 2.10. The number of nitrogen functional groups attached to an aromatic ring is 1. The van der Waals surface area contributed by atoms with Gasteiger partial charge in [0.15, 0.2) is 5.65 Å². The van der Waals surface area contributed by atoms with Gasteiger partial charge in [-0.2, -0.15) is 4.98 Å². The van der Waals surface area contributed by atoms with Gasteiger partial charge in [0.2, 0.25) is 5.88 Å². The molecule has 0 fully saturated rings. The second-order valence-corrected chi connectivity index (χ2v) is 5.13. The molecule has 20 heavy (non-hydrogen) atoms. The fourth-order valence-corrected chi connectivity index (χ4v) is 2.39. The molecule has 3 rings (SSSR count). The van der Waals surface area contributed by atoms with Crippen molar-refractivity contribution in [2.75, 3.05) is 12.3 Å². The Bertz CT molecular complexity index is 769. The number of aromatic amines is 1. The number of benzene rings is 1. The number of anilines is 1. The molecule has 0 atom stereocenters. The van der Waals surface area contributed by atoms with Crippen LogP contribution >= 0.6 is 15.9 Å². The number of aromatic nitrogens is 3. The number of hydrogen-bond acceptors (Lipinski definition) is 4. The van der Waals surface area contributed by atoms with Crippen LogP contribution in [0.4, 0.5) is 5.69 Å². The zero-order chi connectivity index (χ0) is 14.1. The number of rotatable bonds is 3. The van der Waals surface area contributed by atoms with Crippen molar-refractivity contribution in [2.45, 2.75) is 6.92 Å². The SMILES string of the molecule is CCOc1ccc2[nH]c(-c3cc(N)ccc3Br)nc2n1. The highest BCUT2D eigenvalue weighted by Crippen LogP contribution is 2.29. The standard InChI is InChI=1S/C14H13BrN4O/c1-2-20-12-6-5-11-14(18-12)19-13(17-11)9-7-8(16)3-4-10(9)15/h3-7H,2,16H2,1H3,(H,17,18,19). The number of ether oxygens (including phenoxy) is 1. The van der Waals surface area contributed by atoms with Crippen molar-refractivity contribution in [3.05, 3.63) is 34.8 Å². The maximum Gasteiger partial charge on any atom is 0.215 e. The monoisotopic (exact) mass is 332 g/mol. The Labute approximate surface area is 124 Å². The van der Waals surface area contributed by atoms with Gasteiger partial charge >= 0.3 is 0 Å². The molecule has 6 heteroatoms. The Balaban J connectivity index is 2.10. The Hall–Kier alpha value is -2.08. The lowest BCUT2D eigenvalue weighted by Crippen LogP contribution is -1.93. The van der Waals surface area contributed by atoms with Crippen LogP contribution in [0.1, 0.15) is 6.92 Å². The molecule has 0 unspecified atom stereocenters. The quantitative estimate of drug-likeness (QED) is 0.721. The molecule has 0 aliphatic heterocycles. The molecule has 0 saturated carbocycles. The third kappa shape index (κ3) is 2.34. The lowest BCUT2D eigenvalue weighted by atomic mass is 10.2. The first-order valence-electron chi connectivity index (χ1n) is 6.22. The molecule has 0 amide bonds. The molecule has 0 radical (unpaired) electrons. The Morgan fingerprint density at radius 2 is 2.10 bits per heavy atom. The van der Waals surface area contributed by atoms with Crippen molar-refractivity contribution < 1.29 is 4.74 Å². The molecule has 3 aromatic rings. The lowest BCUT2D eigenvalue weighted by Gasteiger charge is -2.01. The van der Waals surface area contributed by atoms with Crippen LogP contribution in [-0.4, -0.2) is 21.6 Å². The second-order valence-electron chi connectivity index (χ2n) is 4.28. The van der Waals surface area contributed by atoms with E-state index in [9.17, 15) is 0 Å². The molecule has 2 heterocycles. The highest BCUT2D eigenvalue weighted by molar-refractivity contribution is 9.10. The van der Waals surface area contributed by atoms with Gasteiger partial charge in [-0.05, 0) is 31.2 Å². The molecule has 5 nitrogen and oxygen atoms in total. The summed E-state index contributed by atoms with van der Waals surface area (Å²) in [5.41, 5.74) is 8.90. The molecule has 0 aliphatic rings. The summed E-state index contributed by atoms with van der Waals surface area (Å²) in [4.78, 5) is 12.1. The van der Waals surface area contributed by atoms with Gasteiger partial charge < -0.3 is 15.5 Å². The number of nitrogens with one attached hydrogen (secondary N) is 1. The molecule has 0 spiro atoms. The lowest BCUT2D eigenvalue weighted by molar-refractivity contribution is 0.328. The highest BCUT2D eigenvalue weighted by atomic mass is 79.9. The molecule has 2 aromatic heterocycles. The van der Waals surface area contributed by atoms with Crippen molar-refractivity contribution in [2.24, 2.45) is 0 Å². The Morgan fingerprint density at radius 1 is 1.25 bits per heavy atom. The van der Waals surface area contributed by atoms with Crippen molar-refractivity contribution in [1.29, 1.82) is 0 Å². The first-order valence-corrected chi connectivity index (χ1v) is 7.01. The van der Waals surface area contributed by atoms with Crippen LogP contribution in [0, 0.1) is 0 Å². The minimum atomic E-state index is 0.574. The number of nitrogens with two attached hydrogens (primary N) is 1. The first kappa shape index (κ1) is 12.9. The summed E-state index contributed by atoms with van der Waals surface area (Å²) >= 11 is 3.50. The van der Waals surface area contributed by atoms with Crippen LogP contribution in [0.5, 0.6) is 5.88 Å². The predicted octanol–water partition coefficient (Wildman–Crippen LogP) is 3.37. The average Bonchev–Trinajstić information content (AvgIpc) is 2.85. The van der Waals surface area contributed by atoms with Crippen molar-refractivity contribution in [1.82, 2.24) is 15.0 Å². The van der Waals surface area contributed by atoms with Crippen molar-refractivity contribution >= 4 is 32.8 Å². The van der Waals surface area contributed by atoms with Crippen LogP contribution in [0.2, 0.25) is 0 Å². The third-order valence-electron chi connectivity index (χ3n) is 2.86. The summed E-state index contributed by atoms with van der Waals surface area (Å²) in [7, 11) is 0. The minimum Gasteiger partial charge on any atom is -0.478 e. The number of nitrogens with zero attached hydrogens (tertiary/aromatic N) is 2. The summed E-state index contributed by atoms with van der Waals surface area (Å²) in [6, 6.07) is 9.33. The van der Waals surface area contributed by atoms with Gasteiger partial charge in [0, 0.05) is 21.8 Å². The average molecular weight is 333 g/mol. The van der Waals surface area contributed by atoms with E-state index in [4.69, 9.17) is 10.5 Å². The zero-order valence-electron chi connectivity index (χ0n) is 10.9. The van der Waals surface area contributed by atoms with Gasteiger partial charge in [-0.1, -0.05) is 15.9 Å². The van der Waals surface area contributed by atoms with E-state index < -0.39 is 0 Å². The van der Waals surface area contributed by atoms with Crippen LogP contribution < -0.4 is 10.5 Å². The van der Waals surface area contributed by atoms with E-state index in [1.54, 1.807) is 0 Å². The van der Waals surface area contributed by atoms with E-state index in [2.05, 4.69) is 30.9 Å². The van der Waals surface area contributed by atoms with E-state index in [-0.39, 0.29) is 0 Å². The smallest absolute Gasteiger partial charge is 0.215 e. The van der Waals surface area contributed by atoms with Gasteiger partial charge in [-0.15, -0.1) is 0 Å². The molecule has 1 aromatic carbocycles. The molecule has 0 saturated heterocycles. The van der Waals surface area contributed by atoms with Gasteiger partial charge in [-0.25, -0.2) is 4.98 Å². The fraction of sp³-hybridized carbons (Fsp3) is 0.143. The largest absolute Gasteiger partial charge is 0.478 e. The molecule has 0 aliphatic carbocycles. The van der Waals surface area contributed by atoms with Crippen LogP contribution in [0.15, 0.2) is 34.8 Å². The van der Waals surface area contributed by atoms with E-state index in [0.717, 1.165) is 21.4 Å². The van der Waals surface area contributed by atoms with Crippen molar-refractivity contribution in [3.8, 4) is 17.3 Å². The predicted molar refractivity (Wildman–Crippen MR) is 82.6 cm³/mol. The van der Waals surface area contributed by atoms with Gasteiger partial charge in [0.1, 0.15) is 5.82 Å². The summed E-state index contributed by atoms with van der Waals surface area (Å²) in [5.74, 6) is 1.30. The van der Waals surface area contributed by atoms with E-state index in [1.807, 2.05) is 37.3 Å². The van der Waals surface area contributed by atoms with Crippen LogP contribution in [0.25, 0.3) is 22.6 Å². The van der Waals surface area contributed by atoms with E-state index in [1.165, 1.54) is 0 Å². The van der Waals surface area contributed by atoms with Crippen molar-refractivity contribution in [3.63, 3.8) is 0 Å². The Morgan fingerprint density at radius 3 is 2.90 bits per heavy atom.